The monoisotopic (exact) mass is 370 g/mol. The highest BCUT2D eigenvalue weighted by Crippen LogP contribution is 2.32. The molecule has 144 valence electrons. The summed E-state index contributed by atoms with van der Waals surface area (Å²) in [6.45, 7) is 7.68. The molecule has 0 saturated heterocycles. The number of nitrogens with two attached hydrogens (primary N) is 1. The van der Waals surface area contributed by atoms with E-state index in [1.807, 2.05) is 13.0 Å². The Morgan fingerprint density at radius 3 is 2.56 bits per heavy atom. The predicted octanol–water partition coefficient (Wildman–Crippen LogP) is 4.11. The molecule has 0 atom stereocenters. The zero-order chi connectivity index (χ0) is 20.0. The number of anilines is 1. The fourth-order valence-corrected chi connectivity index (χ4v) is 2.61. The summed E-state index contributed by atoms with van der Waals surface area (Å²) in [4.78, 5) is 26.4. The number of aromatic amines is 1. The number of fused-ring (bicyclic) bond motifs is 1. The van der Waals surface area contributed by atoms with Crippen molar-refractivity contribution in [1.29, 1.82) is 0 Å². The molecule has 3 N–H and O–H groups in total. The van der Waals surface area contributed by atoms with Crippen LogP contribution in [-0.4, -0.2) is 17.6 Å². The Balaban J connectivity index is 2.30. The van der Waals surface area contributed by atoms with E-state index in [0.717, 1.165) is 12.8 Å². The standard InChI is InChI=1S/C21H26N2O4/c1-13(2)6-5-7-14(3)10-11-26-19-17-9-8-16(22)12-18(17)23-21(25)20(19)27-15(4)24/h6,8-10,12H,5,7,11,22H2,1-4H3,(H,23,25)/b14-10+. The number of pyridine rings is 1. The lowest BCUT2D eigenvalue weighted by molar-refractivity contribution is -0.132. The van der Waals surface area contributed by atoms with Crippen molar-refractivity contribution in [3.05, 3.63) is 51.9 Å². The average molecular weight is 370 g/mol. The highest BCUT2D eigenvalue weighted by molar-refractivity contribution is 5.90. The molecule has 6 heteroatoms. The number of nitrogen functional groups attached to an aromatic ring is 1. The van der Waals surface area contributed by atoms with Crippen LogP contribution in [-0.2, 0) is 4.79 Å². The zero-order valence-electron chi connectivity index (χ0n) is 16.2. The van der Waals surface area contributed by atoms with Crippen LogP contribution in [0, 0.1) is 0 Å². The number of carbonyl (C=O) groups excluding carboxylic acids is 1. The summed E-state index contributed by atoms with van der Waals surface area (Å²) in [5.74, 6) is -0.499. The van der Waals surface area contributed by atoms with E-state index < -0.39 is 11.5 Å². The van der Waals surface area contributed by atoms with Gasteiger partial charge < -0.3 is 20.2 Å². The second-order valence-corrected chi connectivity index (χ2v) is 6.69. The van der Waals surface area contributed by atoms with Crippen LogP contribution in [0.1, 0.15) is 40.5 Å². The molecular weight excluding hydrogens is 344 g/mol. The van der Waals surface area contributed by atoms with Gasteiger partial charge in [-0.3, -0.25) is 9.59 Å². The minimum atomic E-state index is -0.589. The van der Waals surface area contributed by atoms with E-state index in [9.17, 15) is 9.59 Å². The van der Waals surface area contributed by atoms with Crippen molar-refractivity contribution >= 4 is 22.6 Å². The van der Waals surface area contributed by atoms with Crippen LogP contribution in [0.15, 0.2) is 46.3 Å². The van der Waals surface area contributed by atoms with Gasteiger partial charge >= 0.3 is 5.97 Å². The molecule has 1 aromatic heterocycles. The number of carbonyl (C=O) groups is 1. The maximum Gasteiger partial charge on any atom is 0.308 e. The molecule has 0 spiro atoms. The average Bonchev–Trinajstić information content (AvgIpc) is 2.56. The van der Waals surface area contributed by atoms with Gasteiger partial charge in [0.2, 0.25) is 5.75 Å². The molecule has 2 rings (SSSR count). The Morgan fingerprint density at radius 1 is 1.15 bits per heavy atom. The smallest absolute Gasteiger partial charge is 0.308 e. The normalized spacial score (nSPS) is 11.3. The fraction of sp³-hybridized carbons (Fsp3) is 0.333. The van der Waals surface area contributed by atoms with Crippen LogP contribution in [0.2, 0.25) is 0 Å². The fourth-order valence-electron chi connectivity index (χ4n) is 2.61. The molecule has 0 amide bonds. The molecule has 0 unspecified atom stereocenters. The quantitative estimate of drug-likeness (QED) is 0.434. The van der Waals surface area contributed by atoms with Gasteiger partial charge in [-0.2, -0.15) is 0 Å². The maximum absolute atomic E-state index is 12.3. The van der Waals surface area contributed by atoms with Crippen molar-refractivity contribution in [3.63, 3.8) is 0 Å². The third kappa shape index (κ3) is 5.74. The van der Waals surface area contributed by atoms with Gasteiger partial charge in [0, 0.05) is 18.0 Å². The summed E-state index contributed by atoms with van der Waals surface area (Å²) in [5, 5.41) is 0.621. The zero-order valence-corrected chi connectivity index (χ0v) is 16.2. The van der Waals surface area contributed by atoms with Gasteiger partial charge in [0.25, 0.3) is 5.56 Å². The molecule has 2 aromatic rings. The molecule has 0 saturated carbocycles. The number of nitrogens with one attached hydrogen (secondary N) is 1. The van der Waals surface area contributed by atoms with Gasteiger partial charge in [0.15, 0.2) is 5.75 Å². The summed E-state index contributed by atoms with van der Waals surface area (Å²) in [7, 11) is 0. The summed E-state index contributed by atoms with van der Waals surface area (Å²) in [5.41, 5.74) is 8.76. The lowest BCUT2D eigenvalue weighted by atomic mass is 10.1. The molecule has 0 aliphatic carbocycles. The van der Waals surface area contributed by atoms with Gasteiger partial charge in [-0.05, 0) is 57.9 Å². The number of rotatable bonds is 7. The van der Waals surface area contributed by atoms with E-state index in [1.165, 1.54) is 18.1 Å². The molecule has 0 aliphatic rings. The third-order valence-corrected chi connectivity index (χ3v) is 3.95. The number of H-pyrrole nitrogens is 1. The first kappa shape index (κ1) is 20.3. The molecule has 0 aliphatic heterocycles. The number of esters is 1. The molecular formula is C21H26N2O4. The van der Waals surface area contributed by atoms with E-state index in [4.69, 9.17) is 15.2 Å². The lowest BCUT2D eigenvalue weighted by Gasteiger charge is -2.13. The first-order valence-corrected chi connectivity index (χ1v) is 8.83. The van der Waals surface area contributed by atoms with Crippen molar-refractivity contribution in [2.75, 3.05) is 12.3 Å². The minimum Gasteiger partial charge on any atom is -0.485 e. The number of allylic oxidation sites excluding steroid dienone is 3. The Morgan fingerprint density at radius 2 is 1.89 bits per heavy atom. The molecule has 27 heavy (non-hydrogen) atoms. The summed E-state index contributed by atoms with van der Waals surface area (Å²) >= 11 is 0. The van der Waals surface area contributed by atoms with Crippen LogP contribution in [0.25, 0.3) is 10.9 Å². The Labute approximate surface area is 158 Å². The van der Waals surface area contributed by atoms with E-state index >= 15 is 0 Å². The first-order chi connectivity index (χ1) is 12.8. The molecule has 6 nitrogen and oxygen atoms in total. The van der Waals surface area contributed by atoms with E-state index in [0.29, 0.717) is 16.6 Å². The summed E-state index contributed by atoms with van der Waals surface area (Å²) in [6, 6.07) is 5.07. The second-order valence-electron chi connectivity index (χ2n) is 6.69. The highest BCUT2D eigenvalue weighted by Gasteiger charge is 2.17. The van der Waals surface area contributed by atoms with Crippen LogP contribution in [0.5, 0.6) is 11.5 Å². The Hall–Kier alpha value is -3.02. The topological polar surface area (TPSA) is 94.4 Å². The summed E-state index contributed by atoms with van der Waals surface area (Å²) in [6.07, 6.45) is 6.04. The van der Waals surface area contributed by atoms with Crippen LogP contribution >= 0.6 is 0 Å². The van der Waals surface area contributed by atoms with Crippen molar-refractivity contribution in [1.82, 2.24) is 4.98 Å². The maximum atomic E-state index is 12.3. The molecule has 1 heterocycles. The predicted molar refractivity (Wildman–Crippen MR) is 108 cm³/mol. The van der Waals surface area contributed by atoms with Crippen LogP contribution in [0.4, 0.5) is 5.69 Å². The van der Waals surface area contributed by atoms with E-state index in [-0.39, 0.29) is 18.1 Å². The van der Waals surface area contributed by atoms with Crippen molar-refractivity contribution < 1.29 is 14.3 Å². The minimum absolute atomic E-state index is 0.143. The SMILES string of the molecule is CC(=O)Oc1c(OC/C=C(\C)CCC=C(C)C)c2ccc(N)cc2[nH]c1=O. The van der Waals surface area contributed by atoms with Crippen molar-refractivity contribution in [3.8, 4) is 11.5 Å². The second kappa shape index (κ2) is 9.07. The molecule has 1 aromatic carbocycles. The molecule has 0 bridgehead atoms. The number of hydrogen-bond acceptors (Lipinski definition) is 5. The number of ether oxygens (including phenoxy) is 2. The Kier molecular flexibility index (Phi) is 6.82. The highest BCUT2D eigenvalue weighted by atomic mass is 16.6. The lowest BCUT2D eigenvalue weighted by Crippen LogP contribution is -2.16. The van der Waals surface area contributed by atoms with Gasteiger partial charge in [0.05, 0.1) is 5.52 Å². The molecule has 0 fully saturated rings. The van der Waals surface area contributed by atoms with E-state index in [2.05, 4.69) is 24.9 Å². The number of hydrogen-bond donors (Lipinski definition) is 2. The van der Waals surface area contributed by atoms with Gasteiger partial charge in [0.1, 0.15) is 6.61 Å². The van der Waals surface area contributed by atoms with Gasteiger partial charge in [-0.15, -0.1) is 0 Å². The van der Waals surface area contributed by atoms with Gasteiger partial charge in [-0.25, -0.2) is 0 Å². The van der Waals surface area contributed by atoms with E-state index in [1.54, 1.807) is 18.2 Å². The number of aromatic nitrogens is 1. The van der Waals surface area contributed by atoms with Crippen LogP contribution in [0.3, 0.4) is 0 Å². The van der Waals surface area contributed by atoms with Crippen LogP contribution < -0.4 is 20.8 Å². The van der Waals surface area contributed by atoms with Crippen molar-refractivity contribution in [2.24, 2.45) is 0 Å². The summed E-state index contributed by atoms with van der Waals surface area (Å²) < 4.78 is 10.9. The largest absolute Gasteiger partial charge is 0.485 e. The van der Waals surface area contributed by atoms with Gasteiger partial charge in [-0.1, -0.05) is 17.2 Å². The third-order valence-electron chi connectivity index (χ3n) is 3.95. The number of benzene rings is 1. The Bertz CT molecular complexity index is 951. The van der Waals surface area contributed by atoms with Crippen molar-refractivity contribution in [2.45, 2.75) is 40.5 Å². The molecule has 0 radical (unpaired) electrons. The first-order valence-electron chi connectivity index (χ1n) is 8.83.